The topological polar surface area (TPSA) is 60.9 Å². The molecule has 3 rings (SSSR count). The molecular formula is C20H30FN3O3S. The number of piperazine rings is 1. The van der Waals surface area contributed by atoms with Crippen molar-refractivity contribution in [2.75, 3.05) is 39.3 Å². The molecule has 0 unspecified atom stereocenters. The highest BCUT2D eigenvalue weighted by atomic mass is 32.2. The van der Waals surface area contributed by atoms with Crippen molar-refractivity contribution >= 4 is 15.9 Å². The van der Waals surface area contributed by atoms with Gasteiger partial charge in [-0.3, -0.25) is 9.69 Å². The zero-order chi connectivity index (χ0) is 20.5. The van der Waals surface area contributed by atoms with Crippen LogP contribution in [0.4, 0.5) is 4.39 Å². The van der Waals surface area contributed by atoms with Crippen molar-refractivity contribution in [3.63, 3.8) is 0 Å². The van der Waals surface area contributed by atoms with Gasteiger partial charge in [0.2, 0.25) is 15.9 Å². The van der Waals surface area contributed by atoms with E-state index in [0.717, 1.165) is 25.6 Å². The second-order valence-corrected chi connectivity index (χ2v) is 10.1. The van der Waals surface area contributed by atoms with Gasteiger partial charge in [0.05, 0.1) is 6.04 Å². The number of nitrogens with zero attached hydrogens (tertiary/aromatic N) is 3. The Morgan fingerprint density at radius 2 is 1.64 bits per heavy atom. The van der Waals surface area contributed by atoms with E-state index < -0.39 is 15.8 Å². The minimum Gasteiger partial charge on any atom is -0.341 e. The number of carbonyl (C=O) groups is 1. The van der Waals surface area contributed by atoms with Crippen LogP contribution in [-0.4, -0.2) is 73.7 Å². The Morgan fingerprint density at radius 3 is 2.21 bits per heavy atom. The first-order valence-corrected chi connectivity index (χ1v) is 11.4. The molecule has 0 bridgehead atoms. The van der Waals surface area contributed by atoms with Crippen molar-refractivity contribution in [3.8, 4) is 0 Å². The first-order chi connectivity index (χ1) is 13.2. The van der Waals surface area contributed by atoms with Crippen LogP contribution in [-0.2, 0) is 14.8 Å². The van der Waals surface area contributed by atoms with Crippen LogP contribution < -0.4 is 0 Å². The highest BCUT2D eigenvalue weighted by Gasteiger charge is 2.35. The fourth-order valence-corrected chi connectivity index (χ4v) is 5.87. The molecule has 28 heavy (non-hydrogen) atoms. The quantitative estimate of drug-likeness (QED) is 0.761. The largest absolute Gasteiger partial charge is 0.341 e. The standard InChI is InChI=1S/C20H30FN3O3S/c1-15-12-16(2)14-23(13-15)20(25)17(3)22-8-10-24(11-9-22)28(26,27)19-7-5-4-6-18(19)21/h4-7,15-17H,8-14H2,1-3H3/t15-,16+,17-/m1/s1. The average molecular weight is 412 g/mol. The van der Waals surface area contributed by atoms with Crippen LogP contribution in [0.1, 0.15) is 27.2 Å². The maximum Gasteiger partial charge on any atom is 0.246 e. The molecule has 2 fully saturated rings. The lowest BCUT2D eigenvalue weighted by Gasteiger charge is -2.41. The van der Waals surface area contributed by atoms with Crippen molar-refractivity contribution in [3.05, 3.63) is 30.1 Å². The zero-order valence-electron chi connectivity index (χ0n) is 16.8. The summed E-state index contributed by atoms with van der Waals surface area (Å²) in [6.45, 7) is 9.23. The summed E-state index contributed by atoms with van der Waals surface area (Å²) in [6.07, 6.45) is 1.14. The molecule has 0 aliphatic carbocycles. The summed E-state index contributed by atoms with van der Waals surface area (Å²) >= 11 is 0. The Balaban J connectivity index is 1.62. The third-order valence-electron chi connectivity index (χ3n) is 5.81. The van der Waals surface area contributed by atoms with Crippen LogP contribution in [0.15, 0.2) is 29.2 Å². The number of benzene rings is 1. The van der Waals surface area contributed by atoms with Gasteiger partial charge in [0.25, 0.3) is 0 Å². The lowest BCUT2D eigenvalue weighted by atomic mass is 9.91. The molecule has 8 heteroatoms. The van der Waals surface area contributed by atoms with Crippen LogP contribution >= 0.6 is 0 Å². The number of halogens is 1. The minimum atomic E-state index is -3.86. The van der Waals surface area contributed by atoms with E-state index in [0.29, 0.717) is 24.9 Å². The molecule has 0 saturated carbocycles. The molecular weight excluding hydrogens is 381 g/mol. The van der Waals surface area contributed by atoms with Gasteiger partial charge in [-0.1, -0.05) is 26.0 Å². The van der Waals surface area contributed by atoms with Gasteiger partial charge in [0, 0.05) is 39.3 Å². The second kappa shape index (κ2) is 8.47. The van der Waals surface area contributed by atoms with Crippen molar-refractivity contribution < 1.29 is 17.6 Å². The highest BCUT2D eigenvalue weighted by Crippen LogP contribution is 2.24. The van der Waals surface area contributed by atoms with E-state index in [9.17, 15) is 17.6 Å². The number of amides is 1. The van der Waals surface area contributed by atoms with E-state index in [1.807, 2.05) is 16.7 Å². The normalized spacial score (nSPS) is 26.2. The van der Waals surface area contributed by atoms with E-state index in [-0.39, 0.29) is 29.9 Å². The zero-order valence-corrected chi connectivity index (χ0v) is 17.7. The summed E-state index contributed by atoms with van der Waals surface area (Å²) in [7, 11) is -3.86. The number of carbonyl (C=O) groups excluding carboxylic acids is 1. The third-order valence-corrected chi connectivity index (χ3v) is 7.75. The van der Waals surface area contributed by atoms with Gasteiger partial charge in [-0.25, -0.2) is 12.8 Å². The molecule has 0 radical (unpaired) electrons. The average Bonchev–Trinajstić information content (AvgIpc) is 2.66. The van der Waals surface area contributed by atoms with E-state index in [2.05, 4.69) is 13.8 Å². The van der Waals surface area contributed by atoms with Gasteiger partial charge in [0.15, 0.2) is 0 Å². The van der Waals surface area contributed by atoms with Gasteiger partial charge in [-0.2, -0.15) is 4.31 Å². The fourth-order valence-electron chi connectivity index (χ4n) is 4.39. The molecule has 2 aliphatic heterocycles. The van der Waals surface area contributed by atoms with Crippen LogP contribution in [0, 0.1) is 17.7 Å². The van der Waals surface area contributed by atoms with Gasteiger partial charge in [-0.15, -0.1) is 0 Å². The molecule has 156 valence electrons. The van der Waals surface area contributed by atoms with Gasteiger partial charge in [0.1, 0.15) is 10.7 Å². The van der Waals surface area contributed by atoms with Crippen molar-refractivity contribution in [2.45, 2.75) is 38.1 Å². The Kier molecular flexibility index (Phi) is 6.41. The predicted molar refractivity (Wildman–Crippen MR) is 106 cm³/mol. The number of hydrogen-bond acceptors (Lipinski definition) is 4. The van der Waals surface area contributed by atoms with Crippen LogP contribution in [0.5, 0.6) is 0 Å². The number of likely N-dealkylation sites (tertiary alicyclic amines) is 1. The fraction of sp³-hybridized carbons (Fsp3) is 0.650. The van der Waals surface area contributed by atoms with Crippen molar-refractivity contribution in [1.82, 2.24) is 14.1 Å². The number of piperidine rings is 1. The molecule has 1 amide bonds. The third kappa shape index (κ3) is 4.39. The molecule has 0 N–H and O–H groups in total. The van der Waals surface area contributed by atoms with Crippen LogP contribution in [0.3, 0.4) is 0 Å². The molecule has 2 heterocycles. The Bertz CT molecular complexity index is 799. The van der Waals surface area contributed by atoms with E-state index in [1.165, 1.54) is 22.5 Å². The minimum absolute atomic E-state index is 0.115. The highest BCUT2D eigenvalue weighted by molar-refractivity contribution is 7.89. The van der Waals surface area contributed by atoms with E-state index >= 15 is 0 Å². The molecule has 3 atom stereocenters. The van der Waals surface area contributed by atoms with Gasteiger partial charge in [-0.05, 0) is 37.3 Å². The smallest absolute Gasteiger partial charge is 0.246 e. The molecule has 0 aromatic heterocycles. The summed E-state index contributed by atoms with van der Waals surface area (Å²) in [5.41, 5.74) is 0. The molecule has 6 nitrogen and oxygen atoms in total. The summed E-state index contributed by atoms with van der Waals surface area (Å²) < 4.78 is 40.7. The van der Waals surface area contributed by atoms with E-state index in [1.54, 1.807) is 0 Å². The number of hydrogen-bond donors (Lipinski definition) is 0. The van der Waals surface area contributed by atoms with E-state index in [4.69, 9.17) is 0 Å². The Labute approximate surface area is 167 Å². The van der Waals surface area contributed by atoms with Crippen molar-refractivity contribution in [1.29, 1.82) is 0 Å². The molecule has 2 aliphatic rings. The molecule has 0 spiro atoms. The van der Waals surface area contributed by atoms with Gasteiger partial charge < -0.3 is 4.90 Å². The van der Waals surface area contributed by atoms with Crippen molar-refractivity contribution in [2.24, 2.45) is 11.8 Å². The summed E-state index contributed by atoms with van der Waals surface area (Å²) in [6, 6.07) is 5.16. The molecule has 1 aromatic rings. The Morgan fingerprint density at radius 1 is 1.07 bits per heavy atom. The van der Waals surface area contributed by atoms with Crippen LogP contribution in [0.25, 0.3) is 0 Å². The van der Waals surface area contributed by atoms with Crippen LogP contribution in [0.2, 0.25) is 0 Å². The summed E-state index contributed by atoms with van der Waals surface area (Å²) in [5.74, 6) is 0.385. The number of rotatable bonds is 4. The first-order valence-electron chi connectivity index (χ1n) is 9.97. The first kappa shape index (κ1) is 21.2. The summed E-state index contributed by atoms with van der Waals surface area (Å²) in [5, 5.41) is 0. The lowest BCUT2D eigenvalue weighted by molar-refractivity contribution is -0.139. The monoisotopic (exact) mass is 411 g/mol. The summed E-state index contributed by atoms with van der Waals surface area (Å²) in [4.78, 5) is 16.6. The second-order valence-electron chi connectivity index (χ2n) is 8.24. The molecule has 2 saturated heterocycles. The maximum atomic E-state index is 14.0. The predicted octanol–water partition coefficient (Wildman–Crippen LogP) is 2.02. The lowest BCUT2D eigenvalue weighted by Crippen LogP contribution is -2.56. The molecule has 1 aromatic carbocycles. The Hall–Kier alpha value is -1.51. The number of sulfonamides is 1. The van der Waals surface area contributed by atoms with Gasteiger partial charge >= 0.3 is 0 Å². The maximum absolute atomic E-state index is 14.0. The SMILES string of the molecule is C[C@@H]1C[C@H](C)CN(C(=O)[C@@H](C)N2CCN(S(=O)(=O)c3ccccc3F)CC2)C1.